The molecule has 1 aromatic carbocycles. The molecule has 0 saturated carbocycles. The van der Waals surface area contributed by atoms with Crippen LogP contribution in [0.3, 0.4) is 0 Å². The Morgan fingerprint density at radius 2 is 1.95 bits per heavy atom. The molecule has 0 bridgehead atoms. The summed E-state index contributed by atoms with van der Waals surface area (Å²) < 4.78 is 31.7. The zero-order chi connectivity index (χ0) is 15.3. The number of nitrogens with one attached hydrogen (secondary N) is 1. The van der Waals surface area contributed by atoms with Gasteiger partial charge in [0.05, 0.1) is 11.9 Å². The maximum atomic E-state index is 11.9. The van der Waals surface area contributed by atoms with Gasteiger partial charge in [-0.15, -0.1) is 0 Å². The molecule has 21 heavy (non-hydrogen) atoms. The summed E-state index contributed by atoms with van der Waals surface area (Å²) in [7, 11) is -3.47. The quantitative estimate of drug-likeness (QED) is 0.793. The number of nitrogen functional groups attached to an aromatic ring is 1. The molecule has 6 nitrogen and oxygen atoms in total. The molecule has 0 unspecified atom stereocenters. The van der Waals surface area contributed by atoms with E-state index in [4.69, 9.17) is 10.5 Å². The lowest BCUT2D eigenvalue weighted by molar-refractivity contribution is 0.341. The molecule has 0 aliphatic heterocycles. The van der Waals surface area contributed by atoms with Gasteiger partial charge in [0.25, 0.3) is 0 Å². The molecule has 0 radical (unpaired) electrons. The number of aromatic nitrogens is 1. The van der Waals surface area contributed by atoms with Crippen molar-refractivity contribution in [3.05, 3.63) is 48.3 Å². The van der Waals surface area contributed by atoms with Gasteiger partial charge in [-0.25, -0.2) is 8.42 Å². The third-order valence-electron chi connectivity index (χ3n) is 2.65. The van der Waals surface area contributed by atoms with Crippen LogP contribution in [-0.4, -0.2) is 25.8 Å². The highest BCUT2D eigenvalue weighted by molar-refractivity contribution is 7.92. The number of sulfonamides is 1. The van der Waals surface area contributed by atoms with Crippen LogP contribution in [0.4, 0.5) is 11.4 Å². The van der Waals surface area contributed by atoms with E-state index >= 15 is 0 Å². The number of nitrogens with zero attached hydrogens (tertiary/aromatic N) is 1. The Kier molecular flexibility index (Phi) is 4.64. The Balaban J connectivity index is 1.88. The summed E-state index contributed by atoms with van der Waals surface area (Å²) in [5.74, 6) is 0.433. The maximum Gasteiger partial charge on any atom is 0.236 e. The first-order valence-electron chi connectivity index (χ1n) is 6.35. The second-order valence-corrected chi connectivity index (χ2v) is 6.43. The molecule has 0 fully saturated rings. The van der Waals surface area contributed by atoms with Crippen LogP contribution in [0.2, 0.25) is 0 Å². The third kappa shape index (κ3) is 4.96. The molecule has 2 rings (SSSR count). The molecule has 0 aliphatic carbocycles. The van der Waals surface area contributed by atoms with Gasteiger partial charge in [0.15, 0.2) is 0 Å². The summed E-state index contributed by atoms with van der Waals surface area (Å²) in [4.78, 5) is 3.93. The lowest BCUT2D eigenvalue weighted by Gasteiger charge is -2.09. The molecule has 0 amide bonds. The first kappa shape index (κ1) is 15.1. The highest BCUT2D eigenvalue weighted by Crippen LogP contribution is 2.13. The number of benzene rings is 1. The van der Waals surface area contributed by atoms with Gasteiger partial charge in [0.2, 0.25) is 10.0 Å². The molecule has 0 spiro atoms. The van der Waals surface area contributed by atoms with Crippen LogP contribution >= 0.6 is 0 Å². The number of hydrogen-bond donors (Lipinski definition) is 2. The van der Waals surface area contributed by atoms with Crippen molar-refractivity contribution in [1.29, 1.82) is 0 Å². The van der Waals surface area contributed by atoms with Crippen LogP contribution in [0.1, 0.15) is 5.56 Å². The fourth-order valence-electron chi connectivity index (χ4n) is 1.67. The summed E-state index contributed by atoms with van der Waals surface area (Å²) in [6, 6.07) is 8.49. The van der Waals surface area contributed by atoms with Crippen molar-refractivity contribution >= 4 is 21.4 Å². The normalized spacial score (nSPS) is 11.1. The van der Waals surface area contributed by atoms with Gasteiger partial charge < -0.3 is 10.5 Å². The predicted molar refractivity (Wildman–Crippen MR) is 82.7 cm³/mol. The van der Waals surface area contributed by atoms with E-state index < -0.39 is 10.0 Å². The Hall–Kier alpha value is -2.28. The Bertz CT molecular complexity index is 700. The van der Waals surface area contributed by atoms with Gasteiger partial charge >= 0.3 is 0 Å². The lowest BCUT2D eigenvalue weighted by atomic mass is 10.3. The molecule has 0 aliphatic rings. The van der Waals surface area contributed by atoms with Crippen molar-refractivity contribution in [1.82, 2.24) is 4.98 Å². The van der Waals surface area contributed by atoms with Crippen LogP contribution in [0, 0.1) is 6.92 Å². The average Bonchev–Trinajstić information content (AvgIpc) is 2.40. The van der Waals surface area contributed by atoms with Gasteiger partial charge in [0.1, 0.15) is 18.1 Å². The number of anilines is 2. The Labute approximate surface area is 124 Å². The third-order valence-corrected chi connectivity index (χ3v) is 3.90. The van der Waals surface area contributed by atoms with Crippen LogP contribution in [0.25, 0.3) is 0 Å². The van der Waals surface area contributed by atoms with E-state index in [0.29, 0.717) is 17.1 Å². The predicted octanol–water partition coefficient (Wildman–Crippen LogP) is 1.79. The SMILES string of the molecule is Cc1cncc(NS(=O)(=O)CCOc2ccc(N)cc2)c1. The number of ether oxygens (including phenoxy) is 1. The molecule has 0 atom stereocenters. The van der Waals surface area contributed by atoms with Gasteiger partial charge in [0, 0.05) is 11.9 Å². The second-order valence-electron chi connectivity index (χ2n) is 4.59. The van der Waals surface area contributed by atoms with E-state index in [2.05, 4.69) is 9.71 Å². The molecule has 7 heteroatoms. The first-order valence-corrected chi connectivity index (χ1v) is 8.00. The van der Waals surface area contributed by atoms with Crippen molar-refractivity contribution in [2.24, 2.45) is 0 Å². The van der Waals surface area contributed by atoms with E-state index in [1.54, 1.807) is 36.5 Å². The molecule has 1 heterocycles. The Morgan fingerprint density at radius 3 is 2.62 bits per heavy atom. The summed E-state index contributed by atoms with van der Waals surface area (Å²) in [5, 5.41) is 0. The van der Waals surface area contributed by atoms with E-state index in [0.717, 1.165) is 5.56 Å². The highest BCUT2D eigenvalue weighted by Gasteiger charge is 2.11. The van der Waals surface area contributed by atoms with Crippen molar-refractivity contribution in [2.45, 2.75) is 6.92 Å². The highest BCUT2D eigenvalue weighted by atomic mass is 32.2. The van der Waals surface area contributed by atoms with Gasteiger partial charge in [-0.3, -0.25) is 9.71 Å². The van der Waals surface area contributed by atoms with E-state index in [1.165, 1.54) is 6.20 Å². The summed E-state index contributed by atoms with van der Waals surface area (Å²) in [5.41, 5.74) is 7.51. The minimum atomic E-state index is -3.47. The van der Waals surface area contributed by atoms with E-state index in [9.17, 15) is 8.42 Å². The fourth-order valence-corrected chi connectivity index (χ4v) is 2.55. The second kappa shape index (κ2) is 6.45. The standard InChI is InChI=1S/C14H17N3O3S/c1-11-8-13(10-16-9-11)17-21(18,19)7-6-20-14-4-2-12(15)3-5-14/h2-5,8-10,17H,6-7,15H2,1H3. The van der Waals surface area contributed by atoms with Crippen LogP contribution < -0.4 is 15.2 Å². The molecule has 0 saturated heterocycles. The number of aryl methyl sites for hydroxylation is 1. The van der Waals surface area contributed by atoms with Gasteiger partial charge in [-0.2, -0.15) is 0 Å². The van der Waals surface area contributed by atoms with E-state index in [1.807, 2.05) is 6.92 Å². The minimum absolute atomic E-state index is 0.0541. The fraction of sp³-hybridized carbons (Fsp3) is 0.214. The van der Waals surface area contributed by atoms with Crippen LogP contribution in [0.5, 0.6) is 5.75 Å². The zero-order valence-electron chi connectivity index (χ0n) is 11.6. The van der Waals surface area contributed by atoms with Crippen LogP contribution in [-0.2, 0) is 10.0 Å². The largest absolute Gasteiger partial charge is 0.492 e. The monoisotopic (exact) mass is 307 g/mol. The van der Waals surface area contributed by atoms with Crippen molar-refractivity contribution in [3.63, 3.8) is 0 Å². The molecular weight excluding hydrogens is 290 g/mol. The average molecular weight is 307 g/mol. The summed E-state index contributed by atoms with van der Waals surface area (Å²) in [6.45, 7) is 1.90. The smallest absolute Gasteiger partial charge is 0.236 e. The molecular formula is C14H17N3O3S. The molecule has 1 aromatic heterocycles. The molecule has 3 N–H and O–H groups in total. The minimum Gasteiger partial charge on any atom is -0.492 e. The van der Waals surface area contributed by atoms with Crippen molar-refractivity contribution < 1.29 is 13.2 Å². The zero-order valence-corrected chi connectivity index (χ0v) is 12.4. The number of pyridine rings is 1. The van der Waals surface area contributed by atoms with Gasteiger partial charge in [-0.05, 0) is 42.8 Å². The van der Waals surface area contributed by atoms with Crippen molar-refractivity contribution in [2.75, 3.05) is 22.8 Å². The maximum absolute atomic E-state index is 11.9. The number of hydrogen-bond acceptors (Lipinski definition) is 5. The molecule has 112 valence electrons. The molecule has 2 aromatic rings. The Morgan fingerprint density at radius 1 is 1.24 bits per heavy atom. The van der Waals surface area contributed by atoms with Gasteiger partial charge in [-0.1, -0.05) is 0 Å². The van der Waals surface area contributed by atoms with Crippen LogP contribution in [0.15, 0.2) is 42.7 Å². The van der Waals surface area contributed by atoms with Crippen molar-refractivity contribution in [3.8, 4) is 5.75 Å². The first-order chi connectivity index (χ1) is 9.94. The topological polar surface area (TPSA) is 94.3 Å². The lowest BCUT2D eigenvalue weighted by Crippen LogP contribution is -2.21. The van der Waals surface area contributed by atoms with E-state index in [-0.39, 0.29) is 12.4 Å². The number of nitrogens with two attached hydrogens (primary N) is 1. The number of rotatable bonds is 6. The summed E-state index contributed by atoms with van der Waals surface area (Å²) >= 11 is 0. The summed E-state index contributed by atoms with van der Waals surface area (Å²) in [6.07, 6.45) is 3.12.